The first kappa shape index (κ1) is 11.1. The third-order valence-electron chi connectivity index (χ3n) is 3.16. The lowest BCUT2D eigenvalue weighted by Crippen LogP contribution is -2.20. The van der Waals surface area contributed by atoms with Crippen molar-refractivity contribution in [2.75, 3.05) is 6.54 Å². The van der Waals surface area contributed by atoms with Gasteiger partial charge >= 0.3 is 0 Å². The molecule has 15 heavy (non-hydrogen) atoms. The quantitative estimate of drug-likeness (QED) is 0.751. The van der Waals surface area contributed by atoms with Crippen LogP contribution in [0.2, 0.25) is 0 Å². The Bertz CT molecular complexity index is 292. The number of nitrogens with zero attached hydrogens (tertiary/aromatic N) is 1. The summed E-state index contributed by atoms with van der Waals surface area (Å²) in [6.07, 6.45) is 8.82. The first-order valence-corrected chi connectivity index (χ1v) is 6.84. The molecule has 1 aliphatic carbocycles. The van der Waals surface area contributed by atoms with Gasteiger partial charge in [0.15, 0.2) is 0 Å². The van der Waals surface area contributed by atoms with E-state index in [-0.39, 0.29) is 0 Å². The van der Waals surface area contributed by atoms with Crippen LogP contribution in [0.15, 0.2) is 6.20 Å². The van der Waals surface area contributed by atoms with Gasteiger partial charge < -0.3 is 5.32 Å². The van der Waals surface area contributed by atoms with Crippen molar-refractivity contribution in [2.45, 2.75) is 45.6 Å². The fraction of sp³-hybridized carbons (Fsp3) is 0.750. The Balaban J connectivity index is 1.60. The highest BCUT2D eigenvalue weighted by molar-refractivity contribution is 7.11. The van der Waals surface area contributed by atoms with Crippen LogP contribution >= 0.6 is 11.3 Å². The molecule has 1 saturated carbocycles. The molecule has 1 aromatic rings. The number of rotatable bonds is 6. The van der Waals surface area contributed by atoms with Crippen molar-refractivity contribution < 1.29 is 0 Å². The van der Waals surface area contributed by atoms with Gasteiger partial charge in [-0.15, -0.1) is 11.3 Å². The lowest BCUT2D eigenvalue weighted by Gasteiger charge is -2.25. The maximum atomic E-state index is 4.35. The van der Waals surface area contributed by atoms with Crippen molar-refractivity contribution >= 4 is 11.3 Å². The van der Waals surface area contributed by atoms with Crippen LogP contribution in [0.3, 0.4) is 0 Å². The first-order chi connectivity index (χ1) is 7.38. The molecule has 0 aromatic carbocycles. The van der Waals surface area contributed by atoms with E-state index < -0.39 is 0 Å². The van der Waals surface area contributed by atoms with Crippen LogP contribution in [-0.2, 0) is 13.0 Å². The molecule has 1 N–H and O–H groups in total. The predicted molar refractivity (Wildman–Crippen MR) is 65.2 cm³/mol. The van der Waals surface area contributed by atoms with Crippen LogP contribution in [0.5, 0.6) is 0 Å². The zero-order chi connectivity index (χ0) is 10.5. The van der Waals surface area contributed by atoms with E-state index in [1.54, 1.807) is 0 Å². The Hall–Kier alpha value is -0.410. The standard InChI is InChI=1S/C12H20N2S/c1-2-12-14-9-11(15-12)8-13-7-6-10-4-3-5-10/h9-10,13H,2-8H2,1H3. The first-order valence-electron chi connectivity index (χ1n) is 6.02. The fourth-order valence-corrected chi connectivity index (χ4v) is 2.72. The van der Waals surface area contributed by atoms with E-state index in [1.807, 2.05) is 17.5 Å². The lowest BCUT2D eigenvalue weighted by atomic mass is 9.83. The van der Waals surface area contributed by atoms with Crippen LogP contribution in [0, 0.1) is 5.92 Å². The van der Waals surface area contributed by atoms with Crippen molar-refractivity contribution in [2.24, 2.45) is 5.92 Å². The molecule has 0 atom stereocenters. The van der Waals surface area contributed by atoms with Gasteiger partial charge in [-0.3, -0.25) is 0 Å². The van der Waals surface area contributed by atoms with Gasteiger partial charge in [0.2, 0.25) is 0 Å². The second-order valence-electron chi connectivity index (χ2n) is 4.34. The van der Waals surface area contributed by atoms with E-state index in [2.05, 4.69) is 17.2 Å². The number of thiazole rings is 1. The average molecular weight is 224 g/mol. The topological polar surface area (TPSA) is 24.9 Å². The summed E-state index contributed by atoms with van der Waals surface area (Å²) in [5.74, 6) is 1.02. The summed E-state index contributed by atoms with van der Waals surface area (Å²) in [6.45, 7) is 4.33. The highest BCUT2D eigenvalue weighted by Gasteiger charge is 2.16. The molecule has 0 spiro atoms. The van der Waals surface area contributed by atoms with Crippen molar-refractivity contribution in [1.82, 2.24) is 10.3 Å². The van der Waals surface area contributed by atoms with Gasteiger partial charge in [-0.1, -0.05) is 26.2 Å². The van der Waals surface area contributed by atoms with Gasteiger partial charge in [0.05, 0.1) is 5.01 Å². The molecule has 3 heteroatoms. The molecule has 84 valence electrons. The van der Waals surface area contributed by atoms with Gasteiger partial charge in [0, 0.05) is 17.6 Å². The summed E-state index contributed by atoms with van der Waals surface area (Å²) < 4.78 is 0. The number of hydrogen-bond acceptors (Lipinski definition) is 3. The van der Waals surface area contributed by atoms with E-state index in [9.17, 15) is 0 Å². The molecular weight excluding hydrogens is 204 g/mol. The predicted octanol–water partition coefficient (Wildman–Crippen LogP) is 2.99. The van der Waals surface area contributed by atoms with Crippen molar-refractivity contribution in [3.63, 3.8) is 0 Å². The van der Waals surface area contributed by atoms with E-state index in [0.29, 0.717) is 0 Å². The second-order valence-corrected chi connectivity index (χ2v) is 5.54. The van der Waals surface area contributed by atoms with E-state index >= 15 is 0 Å². The molecule has 1 heterocycles. The average Bonchev–Trinajstić information content (AvgIpc) is 2.62. The molecule has 1 fully saturated rings. The summed E-state index contributed by atoms with van der Waals surface area (Å²) in [5.41, 5.74) is 0. The third kappa shape index (κ3) is 3.28. The number of nitrogens with one attached hydrogen (secondary N) is 1. The molecule has 0 radical (unpaired) electrons. The van der Waals surface area contributed by atoms with Gasteiger partial charge in [0.1, 0.15) is 0 Å². The zero-order valence-corrected chi connectivity index (χ0v) is 10.3. The van der Waals surface area contributed by atoms with Crippen LogP contribution in [0.1, 0.15) is 42.5 Å². The Labute approximate surface area is 96.1 Å². The Morgan fingerprint density at radius 3 is 3.00 bits per heavy atom. The lowest BCUT2D eigenvalue weighted by molar-refractivity contribution is 0.292. The summed E-state index contributed by atoms with van der Waals surface area (Å²) in [7, 11) is 0. The van der Waals surface area contributed by atoms with Crippen LogP contribution < -0.4 is 5.32 Å². The molecule has 1 aliphatic rings. The normalized spacial score (nSPS) is 16.6. The summed E-state index contributed by atoms with van der Waals surface area (Å²) in [6, 6.07) is 0. The number of hydrogen-bond donors (Lipinski definition) is 1. The molecule has 0 aliphatic heterocycles. The Morgan fingerprint density at radius 2 is 2.40 bits per heavy atom. The van der Waals surface area contributed by atoms with Crippen LogP contribution in [0.25, 0.3) is 0 Å². The Kier molecular flexibility index (Phi) is 4.15. The molecule has 1 aromatic heterocycles. The highest BCUT2D eigenvalue weighted by Crippen LogP contribution is 2.28. The molecular formula is C12H20N2S. The summed E-state index contributed by atoms with van der Waals surface area (Å²) >= 11 is 1.84. The van der Waals surface area contributed by atoms with Gasteiger partial charge in [-0.2, -0.15) is 0 Å². The minimum Gasteiger partial charge on any atom is -0.312 e. The Morgan fingerprint density at radius 1 is 1.53 bits per heavy atom. The molecule has 2 nitrogen and oxygen atoms in total. The van der Waals surface area contributed by atoms with E-state index in [0.717, 1.165) is 18.9 Å². The molecule has 0 bridgehead atoms. The molecule has 0 amide bonds. The number of aryl methyl sites for hydroxylation is 1. The van der Waals surface area contributed by atoms with Gasteiger partial charge in [0.25, 0.3) is 0 Å². The second kappa shape index (κ2) is 5.61. The van der Waals surface area contributed by atoms with E-state index in [4.69, 9.17) is 0 Å². The van der Waals surface area contributed by atoms with Crippen molar-refractivity contribution in [3.8, 4) is 0 Å². The molecule has 0 unspecified atom stereocenters. The fourth-order valence-electron chi connectivity index (χ4n) is 1.89. The molecule has 2 rings (SSSR count). The highest BCUT2D eigenvalue weighted by atomic mass is 32.1. The van der Waals surface area contributed by atoms with Gasteiger partial charge in [-0.25, -0.2) is 4.98 Å². The third-order valence-corrected chi connectivity index (χ3v) is 4.30. The summed E-state index contributed by atoms with van der Waals surface area (Å²) in [4.78, 5) is 5.73. The maximum Gasteiger partial charge on any atom is 0.0925 e. The number of aromatic nitrogens is 1. The van der Waals surface area contributed by atoms with Crippen molar-refractivity contribution in [1.29, 1.82) is 0 Å². The van der Waals surface area contributed by atoms with Crippen molar-refractivity contribution in [3.05, 3.63) is 16.1 Å². The van der Waals surface area contributed by atoms with Gasteiger partial charge in [-0.05, 0) is 25.3 Å². The van der Waals surface area contributed by atoms with Crippen LogP contribution in [0.4, 0.5) is 0 Å². The zero-order valence-electron chi connectivity index (χ0n) is 9.46. The summed E-state index contributed by atoms with van der Waals surface area (Å²) in [5, 5.41) is 4.76. The largest absolute Gasteiger partial charge is 0.312 e. The minimum atomic E-state index is 1.00. The van der Waals surface area contributed by atoms with Crippen LogP contribution in [-0.4, -0.2) is 11.5 Å². The van der Waals surface area contributed by atoms with E-state index in [1.165, 1.54) is 42.1 Å². The smallest absolute Gasteiger partial charge is 0.0925 e. The monoisotopic (exact) mass is 224 g/mol. The minimum absolute atomic E-state index is 1.00. The SMILES string of the molecule is CCc1ncc(CNCCC2CCC2)s1. The maximum absolute atomic E-state index is 4.35. The molecule has 0 saturated heterocycles.